The molecule has 9 nitrogen and oxygen atoms in total. The van der Waals surface area contributed by atoms with E-state index >= 15 is 0 Å². The summed E-state index contributed by atoms with van der Waals surface area (Å²) in [6.07, 6.45) is 1.78. The average molecular weight is 318 g/mol. The minimum atomic E-state index is -4.15. The van der Waals surface area contributed by atoms with Crippen LogP contribution in [0.3, 0.4) is 0 Å². The van der Waals surface area contributed by atoms with Gasteiger partial charge in [-0.25, -0.2) is 4.98 Å². The molecule has 1 aliphatic rings. The molecule has 0 spiro atoms. The zero-order valence-corrected chi connectivity index (χ0v) is 12.5. The smallest absolute Gasteiger partial charge is 0.350 e. The normalized spacial score (nSPS) is 22.6. The number of aromatic nitrogens is 2. The molecular formula is C11H19N4O5P. The highest BCUT2D eigenvalue weighted by Gasteiger charge is 2.29. The quantitative estimate of drug-likeness (QED) is 0.446. The first kappa shape index (κ1) is 16.1. The highest BCUT2D eigenvalue weighted by atomic mass is 31.2. The number of anilines is 1. The molecule has 0 aromatic carbocycles. The van der Waals surface area contributed by atoms with Crippen molar-refractivity contribution < 1.29 is 23.8 Å². The van der Waals surface area contributed by atoms with Crippen molar-refractivity contribution in [2.45, 2.75) is 32.1 Å². The molecule has 0 amide bonds. The fourth-order valence-corrected chi connectivity index (χ4v) is 2.55. The van der Waals surface area contributed by atoms with Crippen molar-refractivity contribution in [3.05, 3.63) is 12.0 Å². The predicted molar refractivity (Wildman–Crippen MR) is 75.1 cm³/mol. The van der Waals surface area contributed by atoms with Gasteiger partial charge in [0, 0.05) is 0 Å². The summed E-state index contributed by atoms with van der Waals surface area (Å²) in [6.45, 7) is 1.73. The molecule has 1 fully saturated rings. The van der Waals surface area contributed by atoms with Gasteiger partial charge in [0.1, 0.15) is 24.1 Å². The van der Waals surface area contributed by atoms with E-state index in [0.29, 0.717) is 24.4 Å². The third kappa shape index (κ3) is 4.12. The summed E-state index contributed by atoms with van der Waals surface area (Å²) < 4.78 is 23.0. The van der Waals surface area contributed by atoms with E-state index < -0.39 is 13.9 Å². The highest BCUT2D eigenvalue weighted by molar-refractivity contribution is 7.51. The summed E-state index contributed by atoms with van der Waals surface area (Å²) in [7, 11) is -4.15. The van der Waals surface area contributed by atoms with E-state index in [9.17, 15) is 4.57 Å². The van der Waals surface area contributed by atoms with Crippen LogP contribution < -0.4 is 5.73 Å². The number of nitrogens with two attached hydrogens (primary N) is 1. The lowest BCUT2D eigenvalue weighted by atomic mass is 10.2. The maximum absolute atomic E-state index is 10.7. The Morgan fingerprint density at radius 3 is 2.95 bits per heavy atom. The van der Waals surface area contributed by atoms with Gasteiger partial charge >= 0.3 is 7.60 Å². The minimum absolute atomic E-state index is 0.118. The van der Waals surface area contributed by atoms with Crippen molar-refractivity contribution in [3.63, 3.8) is 0 Å². The van der Waals surface area contributed by atoms with Gasteiger partial charge in [0.2, 0.25) is 0 Å². The molecule has 2 heterocycles. The van der Waals surface area contributed by atoms with Crippen LogP contribution in [0.1, 0.15) is 31.7 Å². The average Bonchev–Trinajstić information content (AvgIpc) is 2.94. The highest BCUT2D eigenvalue weighted by Crippen LogP contribution is 2.35. The van der Waals surface area contributed by atoms with Crippen molar-refractivity contribution in [1.29, 1.82) is 5.41 Å². The Morgan fingerprint density at radius 1 is 1.67 bits per heavy atom. The number of rotatable bonds is 6. The van der Waals surface area contributed by atoms with E-state index in [1.807, 2.05) is 0 Å². The number of nitrogens with zero attached hydrogens (tertiary/aromatic N) is 2. The Morgan fingerprint density at radius 2 is 2.38 bits per heavy atom. The molecule has 0 aliphatic carbocycles. The molecule has 10 heteroatoms. The van der Waals surface area contributed by atoms with Crippen LogP contribution in [0.25, 0.3) is 0 Å². The third-order valence-electron chi connectivity index (χ3n) is 3.15. The first-order chi connectivity index (χ1) is 9.78. The van der Waals surface area contributed by atoms with Crippen LogP contribution in [-0.2, 0) is 14.0 Å². The molecule has 1 aliphatic heterocycles. The van der Waals surface area contributed by atoms with E-state index in [4.69, 9.17) is 30.4 Å². The standard InChI is InChI=1S/C11H19N4O5P/c1-7(12)10-11(13)15(5-14-10)9-3-2-8(20-9)4-19-6-21(16,17)18/h5,8-9,12H,2-4,6,13H2,1H3,(H2,16,17,18). The maximum Gasteiger partial charge on any atom is 0.350 e. The number of nitrogens with one attached hydrogen (secondary N) is 1. The largest absolute Gasteiger partial charge is 0.383 e. The Labute approximate surface area is 121 Å². The van der Waals surface area contributed by atoms with Crippen molar-refractivity contribution in [3.8, 4) is 0 Å². The van der Waals surface area contributed by atoms with Gasteiger partial charge in [-0.3, -0.25) is 9.13 Å². The third-order valence-corrected chi connectivity index (χ3v) is 3.66. The first-order valence-corrected chi connectivity index (χ1v) is 8.23. The van der Waals surface area contributed by atoms with Crippen molar-refractivity contribution >= 4 is 19.1 Å². The lowest BCUT2D eigenvalue weighted by molar-refractivity contribution is -0.0350. The Balaban J connectivity index is 1.90. The van der Waals surface area contributed by atoms with E-state index in [0.717, 1.165) is 0 Å². The molecule has 5 N–H and O–H groups in total. The summed E-state index contributed by atoms with van der Waals surface area (Å²) in [4.78, 5) is 21.5. The molecule has 2 unspecified atom stereocenters. The molecule has 0 bridgehead atoms. The van der Waals surface area contributed by atoms with Crippen LogP contribution in [0.2, 0.25) is 0 Å². The van der Waals surface area contributed by atoms with E-state index in [-0.39, 0.29) is 24.7 Å². The van der Waals surface area contributed by atoms with Crippen molar-refractivity contribution in [2.24, 2.45) is 0 Å². The lowest BCUT2D eigenvalue weighted by Crippen LogP contribution is -2.18. The fourth-order valence-electron chi connectivity index (χ4n) is 2.21. The van der Waals surface area contributed by atoms with Gasteiger partial charge in [0.25, 0.3) is 0 Å². The summed E-state index contributed by atoms with van der Waals surface area (Å²) in [5.74, 6) is 0.379. The lowest BCUT2D eigenvalue weighted by Gasteiger charge is -2.16. The molecule has 2 rings (SSSR count). The Hall–Kier alpha value is -1.25. The van der Waals surface area contributed by atoms with Crippen LogP contribution in [0.4, 0.5) is 5.82 Å². The van der Waals surface area contributed by atoms with Gasteiger partial charge < -0.3 is 30.4 Å². The molecular weight excluding hydrogens is 299 g/mol. The van der Waals surface area contributed by atoms with Crippen LogP contribution in [-0.4, -0.2) is 44.1 Å². The van der Waals surface area contributed by atoms with Crippen LogP contribution >= 0.6 is 7.60 Å². The molecule has 21 heavy (non-hydrogen) atoms. The number of hydrogen-bond donors (Lipinski definition) is 4. The summed E-state index contributed by atoms with van der Waals surface area (Å²) >= 11 is 0. The topological polar surface area (TPSA) is 144 Å². The Bertz CT molecular complexity index is 569. The van der Waals surface area contributed by atoms with Gasteiger partial charge in [0.15, 0.2) is 0 Å². The van der Waals surface area contributed by atoms with Gasteiger partial charge in [0.05, 0.1) is 24.7 Å². The molecule has 0 radical (unpaired) electrons. The van der Waals surface area contributed by atoms with Crippen LogP contribution in [0, 0.1) is 5.41 Å². The first-order valence-electron chi connectivity index (χ1n) is 6.43. The monoisotopic (exact) mass is 318 g/mol. The van der Waals surface area contributed by atoms with Gasteiger partial charge in [-0.05, 0) is 19.8 Å². The fraction of sp³-hybridized carbons (Fsp3) is 0.636. The van der Waals surface area contributed by atoms with E-state index in [1.165, 1.54) is 6.33 Å². The number of imidazole rings is 1. The SMILES string of the molecule is CC(=N)c1ncn(C2CCC(COCP(=O)(O)O)O2)c1N. The molecule has 1 saturated heterocycles. The van der Waals surface area contributed by atoms with Gasteiger partial charge in [-0.2, -0.15) is 0 Å². The summed E-state index contributed by atoms with van der Waals surface area (Å²) in [5.41, 5.74) is 6.65. The summed E-state index contributed by atoms with van der Waals surface area (Å²) in [5, 5.41) is 7.56. The second-order valence-corrected chi connectivity index (χ2v) is 6.55. The molecule has 0 saturated carbocycles. The number of ether oxygens (including phenoxy) is 2. The second kappa shape index (κ2) is 6.25. The van der Waals surface area contributed by atoms with Crippen LogP contribution in [0.15, 0.2) is 6.33 Å². The minimum Gasteiger partial charge on any atom is -0.383 e. The zero-order chi connectivity index (χ0) is 15.6. The molecule has 1 aromatic rings. The number of nitrogen functional groups attached to an aromatic ring is 1. The second-order valence-electron chi connectivity index (χ2n) is 4.97. The predicted octanol–water partition coefficient (Wildman–Crippen LogP) is 0.682. The maximum atomic E-state index is 10.7. The van der Waals surface area contributed by atoms with Crippen LogP contribution in [0.5, 0.6) is 0 Å². The number of hydrogen-bond acceptors (Lipinski definition) is 6. The van der Waals surface area contributed by atoms with Crippen molar-refractivity contribution in [2.75, 3.05) is 18.7 Å². The van der Waals surface area contributed by atoms with E-state index in [1.54, 1.807) is 11.5 Å². The zero-order valence-electron chi connectivity index (χ0n) is 11.6. The Kier molecular flexibility index (Phi) is 4.80. The molecule has 2 atom stereocenters. The molecule has 1 aromatic heterocycles. The van der Waals surface area contributed by atoms with Crippen molar-refractivity contribution in [1.82, 2.24) is 9.55 Å². The molecule has 118 valence electrons. The van der Waals surface area contributed by atoms with E-state index in [2.05, 4.69) is 4.98 Å². The van der Waals surface area contributed by atoms with Gasteiger partial charge in [-0.1, -0.05) is 0 Å². The summed E-state index contributed by atoms with van der Waals surface area (Å²) in [6, 6.07) is 0. The van der Waals surface area contributed by atoms with Gasteiger partial charge in [-0.15, -0.1) is 0 Å².